The van der Waals surface area contributed by atoms with E-state index in [9.17, 15) is 8.63 Å². The molecule has 1 aliphatic heterocycles. The molecule has 0 amide bonds. The number of benzene rings is 2. The largest absolute Gasteiger partial charge is 0.734 e. The van der Waals surface area contributed by atoms with Gasteiger partial charge in [-0.1, -0.05) is 6.07 Å². The fourth-order valence-electron chi connectivity index (χ4n) is 3.28. The monoisotopic (exact) mass is 387 g/mol. The number of anilines is 1. The van der Waals surface area contributed by atoms with Gasteiger partial charge in [-0.3, -0.25) is 0 Å². The lowest BCUT2D eigenvalue weighted by molar-refractivity contribution is -0.343. The lowest BCUT2D eigenvalue weighted by Crippen LogP contribution is -2.46. The van der Waals surface area contributed by atoms with Crippen LogP contribution in [0.15, 0.2) is 36.4 Å². The van der Waals surface area contributed by atoms with E-state index < -0.39 is 7.04 Å². The first-order valence-electron chi connectivity index (χ1n) is 9.01. The molecule has 0 spiro atoms. The lowest BCUT2D eigenvalue weighted by atomic mass is 10.0. The average Bonchev–Trinajstić information content (AvgIpc) is 3.04. The van der Waals surface area contributed by atoms with Gasteiger partial charge in [0, 0.05) is 24.3 Å². The van der Waals surface area contributed by atoms with E-state index in [0.29, 0.717) is 11.1 Å². The van der Waals surface area contributed by atoms with Gasteiger partial charge in [0.2, 0.25) is 0 Å². The summed E-state index contributed by atoms with van der Waals surface area (Å²) in [6.07, 6.45) is 1.44. The standard InChI is InChI=1S/C19H20BF2N3OS/c1-4-24(5-2)15-8-7-14-12-25(20(21,22)26-17(14)11-15)19-23-16-9-6-13(3)10-18(16)27-19/h6-12H,4-5H2,1-3H3. The first-order chi connectivity index (χ1) is 12.9. The van der Waals surface area contributed by atoms with Crippen molar-refractivity contribution in [2.45, 2.75) is 20.8 Å². The minimum Gasteiger partial charge on any atom is -0.622 e. The van der Waals surface area contributed by atoms with Crippen LogP contribution >= 0.6 is 11.3 Å². The fourth-order valence-corrected chi connectivity index (χ4v) is 4.36. The van der Waals surface area contributed by atoms with Gasteiger partial charge >= 0.3 is 12.2 Å². The summed E-state index contributed by atoms with van der Waals surface area (Å²) in [4.78, 5) is 6.47. The predicted octanol–water partition coefficient (Wildman–Crippen LogP) is 4.98. The number of halogens is 2. The van der Waals surface area contributed by atoms with Crippen LogP contribution < -0.4 is 9.55 Å². The Morgan fingerprint density at radius 3 is 2.67 bits per heavy atom. The van der Waals surface area contributed by atoms with Crippen LogP contribution in [0.2, 0.25) is 0 Å². The Balaban J connectivity index is 1.79. The Bertz CT molecular complexity index is 1050. The number of hydrogen-bond donors (Lipinski definition) is 0. The molecule has 0 fully saturated rings. The highest BCUT2D eigenvalue weighted by molar-refractivity contribution is 7.21. The number of rotatable bonds is 4. The summed E-state index contributed by atoms with van der Waals surface area (Å²) in [7, 11) is -4.25. The van der Waals surface area contributed by atoms with E-state index in [1.165, 1.54) is 17.6 Å². The normalized spacial score (nSPS) is 15.2. The van der Waals surface area contributed by atoms with Crippen LogP contribution in [0.5, 0.6) is 5.75 Å². The van der Waals surface area contributed by atoms with E-state index in [1.54, 1.807) is 6.07 Å². The van der Waals surface area contributed by atoms with Crippen molar-refractivity contribution in [2.24, 2.45) is 0 Å². The van der Waals surface area contributed by atoms with Crippen molar-refractivity contribution < 1.29 is 17.8 Å². The van der Waals surface area contributed by atoms with E-state index in [1.807, 2.05) is 51.1 Å². The highest BCUT2D eigenvalue weighted by Gasteiger charge is 2.46. The summed E-state index contributed by atoms with van der Waals surface area (Å²) in [5.74, 6) is 0.206. The smallest absolute Gasteiger partial charge is 0.622 e. The van der Waals surface area contributed by atoms with Crippen LogP contribution in [-0.2, 0) is 0 Å². The maximum absolute atomic E-state index is 14.8. The Kier molecular flexibility index (Phi) is 4.38. The molecule has 27 heavy (non-hydrogen) atoms. The second-order valence-electron chi connectivity index (χ2n) is 6.58. The Labute approximate surface area is 160 Å². The highest BCUT2D eigenvalue weighted by atomic mass is 32.1. The van der Waals surface area contributed by atoms with E-state index >= 15 is 0 Å². The number of thiazole rings is 1. The molecule has 1 aromatic heterocycles. The third kappa shape index (κ3) is 3.18. The van der Waals surface area contributed by atoms with Gasteiger partial charge in [0.25, 0.3) is 0 Å². The van der Waals surface area contributed by atoms with Gasteiger partial charge in [-0.05, 0) is 73.0 Å². The highest BCUT2D eigenvalue weighted by Crippen LogP contribution is 2.37. The zero-order chi connectivity index (χ0) is 19.2. The zero-order valence-corrected chi connectivity index (χ0v) is 16.3. The van der Waals surface area contributed by atoms with Crippen molar-refractivity contribution in [3.63, 3.8) is 0 Å². The van der Waals surface area contributed by atoms with Gasteiger partial charge in [0.1, 0.15) is 0 Å². The second kappa shape index (κ2) is 6.60. The molecule has 4 rings (SSSR count). The molecule has 0 atom stereocenters. The van der Waals surface area contributed by atoms with Crippen molar-refractivity contribution in [1.82, 2.24) is 4.98 Å². The maximum atomic E-state index is 14.8. The molecule has 0 saturated carbocycles. The molecule has 3 aromatic rings. The number of nitrogens with zero attached hydrogens (tertiary/aromatic N) is 3. The molecule has 0 radical (unpaired) electrons. The van der Waals surface area contributed by atoms with Crippen molar-refractivity contribution in [3.8, 4) is 5.75 Å². The van der Waals surface area contributed by atoms with Gasteiger partial charge in [-0.25, -0.2) is 0 Å². The number of aromatic nitrogens is 1. The van der Waals surface area contributed by atoms with E-state index in [4.69, 9.17) is 4.65 Å². The number of aryl methyl sites for hydroxylation is 1. The molecule has 0 unspecified atom stereocenters. The van der Waals surface area contributed by atoms with Crippen LogP contribution in [-0.4, -0.2) is 35.8 Å². The molecule has 2 aromatic carbocycles. The molecule has 0 N–H and O–H groups in total. The third-order valence-electron chi connectivity index (χ3n) is 4.75. The van der Waals surface area contributed by atoms with Crippen LogP contribution in [0.25, 0.3) is 10.2 Å². The zero-order valence-electron chi connectivity index (χ0n) is 15.4. The first-order valence-corrected chi connectivity index (χ1v) is 9.82. The van der Waals surface area contributed by atoms with Crippen molar-refractivity contribution in [2.75, 3.05) is 18.0 Å². The van der Waals surface area contributed by atoms with Crippen molar-refractivity contribution in [3.05, 3.63) is 47.5 Å². The van der Waals surface area contributed by atoms with Gasteiger partial charge < -0.3 is 22.7 Å². The summed E-state index contributed by atoms with van der Waals surface area (Å²) in [5.41, 5.74) is 3.28. The van der Waals surface area contributed by atoms with Gasteiger partial charge in [-0.2, -0.15) is 0 Å². The molecule has 0 bridgehead atoms. The van der Waals surface area contributed by atoms with Crippen molar-refractivity contribution in [1.29, 1.82) is 0 Å². The van der Waals surface area contributed by atoms with Crippen LogP contribution in [0.3, 0.4) is 0 Å². The van der Waals surface area contributed by atoms with Crippen molar-refractivity contribution >= 4 is 45.6 Å². The molecule has 1 aliphatic rings. The van der Waals surface area contributed by atoms with E-state index in [2.05, 4.69) is 9.88 Å². The molecule has 0 aliphatic carbocycles. The number of hydrogen-bond acceptors (Lipinski definition) is 4. The van der Waals surface area contributed by atoms with E-state index in [0.717, 1.165) is 33.5 Å². The summed E-state index contributed by atoms with van der Waals surface area (Å²) < 4.78 is 36.6. The molecule has 4 nitrogen and oxygen atoms in total. The summed E-state index contributed by atoms with van der Waals surface area (Å²) in [5, 5.41) is 0.235. The summed E-state index contributed by atoms with van der Waals surface area (Å²) in [6.45, 7) is 7.64. The number of fused-ring (bicyclic) bond motifs is 2. The van der Waals surface area contributed by atoms with Crippen LogP contribution in [0, 0.1) is 6.92 Å². The van der Waals surface area contributed by atoms with Crippen LogP contribution in [0.4, 0.5) is 19.5 Å². The van der Waals surface area contributed by atoms with E-state index in [-0.39, 0.29) is 10.9 Å². The lowest BCUT2D eigenvalue weighted by Gasteiger charge is -2.31. The van der Waals surface area contributed by atoms with Gasteiger partial charge in [-0.15, -0.1) is 0 Å². The third-order valence-corrected chi connectivity index (χ3v) is 5.78. The average molecular weight is 387 g/mol. The SMILES string of the molecule is CCN(CC)c1ccc2c(c1)O[B-](F)(F)[N+](c1nc3ccc(C)cc3s1)=C2. The first kappa shape index (κ1) is 17.9. The minimum absolute atomic E-state index is 0.206. The molecular formula is C19H20BF2N3OS. The van der Waals surface area contributed by atoms with Crippen LogP contribution in [0.1, 0.15) is 25.0 Å². The quantitative estimate of drug-likeness (QED) is 0.591. The molecule has 8 heteroatoms. The summed E-state index contributed by atoms with van der Waals surface area (Å²) in [6, 6.07) is 11.2. The molecule has 2 heterocycles. The van der Waals surface area contributed by atoms with Gasteiger partial charge in [0.05, 0.1) is 16.7 Å². The maximum Gasteiger partial charge on any atom is 0.734 e. The topological polar surface area (TPSA) is 28.4 Å². The Morgan fingerprint density at radius 1 is 1.15 bits per heavy atom. The molecule has 0 saturated heterocycles. The fraction of sp³-hybridized carbons (Fsp3) is 0.263. The second-order valence-corrected chi connectivity index (χ2v) is 7.59. The molecular weight excluding hydrogens is 367 g/mol. The predicted molar refractivity (Wildman–Crippen MR) is 108 cm³/mol. The molecule has 140 valence electrons. The Morgan fingerprint density at radius 2 is 1.93 bits per heavy atom. The Hall–Kier alpha value is -2.48. The minimum atomic E-state index is -4.25. The summed E-state index contributed by atoms with van der Waals surface area (Å²) >= 11 is 1.24. The van der Waals surface area contributed by atoms with Gasteiger partial charge in [0.15, 0.2) is 5.52 Å².